The first kappa shape index (κ1) is 34.7. The van der Waals surface area contributed by atoms with E-state index >= 15 is 0 Å². The quantitative estimate of drug-likeness (QED) is 0.0900. The van der Waals surface area contributed by atoms with Gasteiger partial charge in [-0.25, -0.2) is 4.79 Å². The van der Waals surface area contributed by atoms with Crippen LogP contribution in [-0.2, 0) is 18.9 Å². The van der Waals surface area contributed by atoms with Crippen molar-refractivity contribution < 1.29 is 33.2 Å². The number of fused-ring (bicyclic) bond motifs is 2. The molecule has 0 bridgehead atoms. The van der Waals surface area contributed by atoms with E-state index in [1.165, 1.54) is 0 Å². The van der Waals surface area contributed by atoms with E-state index in [-0.39, 0.29) is 0 Å². The maximum absolute atomic E-state index is 14.1. The van der Waals surface area contributed by atoms with Gasteiger partial charge in [0.25, 0.3) is 0 Å². The summed E-state index contributed by atoms with van der Waals surface area (Å²) in [5.74, 6) is -0.368. The van der Waals surface area contributed by atoms with Crippen molar-refractivity contribution in [3.05, 3.63) is 156 Å². The van der Waals surface area contributed by atoms with E-state index in [0.717, 1.165) is 44.2 Å². The van der Waals surface area contributed by atoms with Crippen molar-refractivity contribution in [2.24, 2.45) is 0 Å². The number of carbonyl (C=O) groups excluding carboxylic acids is 1. The lowest BCUT2D eigenvalue weighted by molar-refractivity contribution is -0.0212. The molecule has 0 N–H and O–H groups in total. The molecule has 0 aromatic heterocycles. The standard InChI is InChI=1S/C45H36N2O7/c1-49-35-19-17-29-21-33(15-13-31(29)23-35)37(25-46)41(43-39(51-43)27-9-5-3-6-10-27)53-45(48)54-42(44-40(52-44)28-11-7-4-8-12-28)38(26-47)34-16-14-32-24-36(50-2)20-18-30(32)22-34/h3-24,37-44H,1-2H3. The highest BCUT2D eigenvalue weighted by Crippen LogP contribution is 2.48. The van der Waals surface area contributed by atoms with Crippen LogP contribution in [0.3, 0.4) is 0 Å². The largest absolute Gasteiger partial charge is 0.509 e. The summed E-state index contributed by atoms with van der Waals surface area (Å²) in [6.07, 6.45) is -5.11. The normalized spacial score (nSPS) is 20.7. The van der Waals surface area contributed by atoms with Gasteiger partial charge in [-0.2, -0.15) is 10.5 Å². The number of hydrogen-bond acceptors (Lipinski definition) is 9. The lowest BCUT2D eigenvalue weighted by Crippen LogP contribution is -2.35. The van der Waals surface area contributed by atoms with Crippen LogP contribution in [0.4, 0.5) is 4.79 Å². The van der Waals surface area contributed by atoms with Gasteiger partial charge in [0.2, 0.25) is 0 Å². The molecule has 6 aromatic carbocycles. The molecule has 8 rings (SSSR count). The van der Waals surface area contributed by atoms with Gasteiger partial charge >= 0.3 is 6.16 Å². The molecular formula is C45H36N2O7. The smallest absolute Gasteiger partial charge is 0.497 e. The topological polar surface area (TPSA) is 127 Å². The number of hydrogen-bond donors (Lipinski definition) is 0. The molecule has 2 fully saturated rings. The molecule has 0 saturated carbocycles. The second-order valence-electron chi connectivity index (χ2n) is 13.4. The Morgan fingerprint density at radius 2 is 0.944 bits per heavy atom. The minimum absolute atomic E-state index is 0.391. The molecule has 2 aliphatic rings. The van der Waals surface area contributed by atoms with E-state index < -0.39 is 54.6 Å². The Morgan fingerprint density at radius 3 is 1.33 bits per heavy atom. The Labute approximate surface area is 312 Å². The van der Waals surface area contributed by atoms with E-state index in [2.05, 4.69) is 12.1 Å². The maximum atomic E-state index is 14.1. The van der Waals surface area contributed by atoms with Crippen LogP contribution in [0.15, 0.2) is 133 Å². The molecule has 0 spiro atoms. The molecule has 2 saturated heterocycles. The monoisotopic (exact) mass is 716 g/mol. The number of methoxy groups -OCH3 is 2. The van der Waals surface area contributed by atoms with Gasteiger partial charge in [0, 0.05) is 0 Å². The fourth-order valence-corrected chi connectivity index (χ4v) is 7.27. The molecule has 0 aliphatic carbocycles. The molecule has 8 atom stereocenters. The number of nitriles is 2. The van der Waals surface area contributed by atoms with Crippen LogP contribution in [0, 0.1) is 22.7 Å². The van der Waals surface area contributed by atoms with E-state index in [1.54, 1.807) is 14.2 Å². The molecule has 9 nitrogen and oxygen atoms in total. The Balaban J connectivity index is 1.11. The Bertz CT molecular complexity index is 2220. The number of epoxide rings is 2. The highest BCUT2D eigenvalue weighted by Gasteiger charge is 2.54. The first-order chi connectivity index (χ1) is 26.5. The summed E-state index contributed by atoms with van der Waals surface area (Å²) >= 11 is 0. The lowest BCUT2D eigenvalue weighted by atomic mass is 9.89. The van der Waals surface area contributed by atoms with Crippen LogP contribution in [0.2, 0.25) is 0 Å². The van der Waals surface area contributed by atoms with Crippen molar-refractivity contribution in [3.63, 3.8) is 0 Å². The summed E-state index contributed by atoms with van der Waals surface area (Å²) in [7, 11) is 3.22. The van der Waals surface area contributed by atoms with E-state index in [1.807, 2.05) is 133 Å². The van der Waals surface area contributed by atoms with Gasteiger partial charge in [-0.1, -0.05) is 97.1 Å². The van der Waals surface area contributed by atoms with Gasteiger partial charge in [0.1, 0.15) is 47.8 Å². The molecule has 2 heterocycles. The molecule has 6 aromatic rings. The Morgan fingerprint density at radius 1 is 0.556 bits per heavy atom. The van der Waals surface area contributed by atoms with Crippen LogP contribution >= 0.6 is 0 Å². The maximum Gasteiger partial charge on any atom is 0.509 e. The molecule has 0 radical (unpaired) electrons. The Hall–Kier alpha value is -6.39. The summed E-state index contributed by atoms with van der Waals surface area (Å²) in [5, 5.41) is 25.0. The Kier molecular flexibility index (Phi) is 9.58. The van der Waals surface area contributed by atoms with Crippen LogP contribution in [0.25, 0.3) is 21.5 Å². The fourth-order valence-electron chi connectivity index (χ4n) is 7.27. The first-order valence-electron chi connectivity index (χ1n) is 17.7. The predicted octanol–water partition coefficient (Wildman–Crippen LogP) is 9.10. The third kappa shape index (κ3) is 7.03. The summed E-state index contributed by atoms with van der Waals surface area (Å²) in [4.78, 5) is 14.1. The second kappa shape index (κ2) is 14.9. The average molecular weight is 717 g/mol. The van der Waals surface area contributed by atoms with E-state index in [4.69, 9.17) is 28.4 Å². The number of carbonyl (C=O) groups is 1. The lowest BCUT2D eigenvalue weighted by Gasteiger charge is -2.25. The zero-order valence-corrected chi connectivity index (χ0v) is 29.6. The number of nitrogens with zero attached hydrogens (tertiary/aromatic N) is 2. The van der Waals surface area contributed by atoms with Crippen molar-refractivity contribution in [3.8, 4) is 23.6 Å². The highest BCUT2D eigenvalue weighted by molar-refractivity contribution is 5.85. The van der Waals surface area contributed by atoms with E-state index in [9.17, 15) is 15.3 Å². The van der Waals surface area contributed by atoms with E-state index in [0.29, 0.717) is 11.1 Å². The van der Waals surface area contributed by atoms with Crippen LogP contribution < -0.4 is 9.47 Å². The molecule has 2 aliphatic heterocycles. The van der Waals surface area contributed by atoms with Crippen LogP contribution in [0.5, 0.6) is 11.5 Å². The van der Waals surface area contributed by atoms with Gasteiger partial charge in [-0.3, -0.25) is 0 Å². The summed E-state index contributed by atoms with van der Waals surface area (Å²) in [6.45, 7) is 0. The molecule has 8 unspecified atom stereocenters. The summed E-state index contributed by atoms with van der Waals surface area (Å²) < 4.78 is 35.3. The van der Waals surface area contributed by atoms with Gasteiger partial charge in [-0.15, -0.1) is 0 Å². The molecular weight excluding hydrogens is 681 g/mol. The van der Waals surface area contributed by atoms with Crippen molar-refractivity contribution in [1.82, 2.24) is 0 Å². The molecule has 0 amide bonds. The van der Waals surface area contributed by atoms with Gasteiger partial charge in [-0.05, 0) is 80.2 Å². The molecule has 54 heavy (non-hydrogen) atoms. The number of rotatable bonds is 12. The fraction of sp³-hybridized carbons (Fsp3) is 0.222. The first-order valence-corrected chi connectivity index (χ1v) is 17.7. The van der Waals surface area contributed by atoms with Crippen molar-refractivity contribution in [2.75, 3.05) is 14.2 Å². The zero-order chi connectivity index (χ0) is 37.2. The summed E-state index contributed by atoms with van der Waals surface area (Å²) in [5.41, 5.74) is 3.12. The second-order valence-corrected chi connectivity index (χ2v) is 13.4. The van der Waals surface area contributed by atoms with Crippen molar-refractivity contribution in [2.45, 2.75) is 48.5 Å². The third-order valence-electron chi connectivity index (χ3n) is 10.2. The van der Waals surface area contributed by atoms with Crippen molar-refractivity contribution >= 4 is 27.7 Å². The minimum Gasteiger partial charge on any atom is -0.497 e. The molecule has 9 heteroatoms. The molecule has 268 valence electrons. The van der Waals surface area contributed by atoms with Gasteiger partial charge in [0.15, 0.2) is 12.2 Å². The summed E-state index contributed by atoms with van der Waals surface area (Å²) in [6, 6.07) is 46.7. The number of benzene rings is 6. The van der Waals surface area contributed by atoms with Gasteiger partial charge < -0.3 is 28.4 Å². The minimum atomic E-state index is -1.04. The SMILES string of the molecule is COc1ccc2cc(C(C#N)C(OC(=O)OC(C(C#N)c3ccc4cc(OC)ccc4c3)C3OC3c3ccccc3)C3OC3c3ccccc3)ccc2c1. The number of ether oxygens (including phenoxy) is 6. The van der Waals surface area contributed by atoms with Crippen LogP contribution in [-0.4, -0.2) is 44.8 Å². The van der Waals surface area contributed by atoms with Crippen LogP contribution in [0.1, 0.15) is 46.3 Å². The highest BCUT2D eigenvalue weighted by atomic mass is 16.8. The predicted molar refractivity (Wildman–Crippen MR) is 201 cm³/mol. The zero-order valence-electron chi connectivity index (χ0n) is 29.6. The third-order valence-corrected chi connectivity index (χ3v) is 10.2. The van der Waals surface area contributed by atoms with Crippen molar-refractivity contribution in [1.29, 1.82) is 10.5 Å². The average Bonchev–Trinajstić information content (AvgIpc) is 4.16. The van der Waals surface area contributed by atoms with Gasteiger partial charge in [0.05, 0.1) is 26.4 Å².